The Morgan fingerprint density at radius 1 is 1.58 bits per heavy atom. The van der Waals surface area contributed by atoms with Gasteiger partial charge in [-0.25, -0.2) is 0 Å². The van der Waals surface area contributed by atoms with E-state index in [4.69, 9.17) is 11.6 Å². The lowest BCUT2D eigenvalue weighted by atomic mass is 9.93. The van der Waals surface area contributed by atoms with E-state index in [-0.39, 0.29) is 0 Å². The molecule has 0 radical (unpaired) electrons. The molecule has 0 saturated heterocycles. The van der Waals surface area contributed by atoms with E-state index in [9.17, 15) is 0 Å². The average Bonchev–Trinajstić information content (AvgIpc) is 2.60. The number of guanidine groups is 1. The van der Waals surface area contributed by atoms with E-state index in [0.717, 1.165) is 24.1 Å². The molecule has 1 heterocycles. The SMILES string of the molecule is CCN=C(NC1CCC1)N(C)Cc1cc(Cl)cn1C. The highest BCUT2D eigenvalue weighted by atomic mass is 35.5. The third-order valence-corrected chi connectivity index (χ3v) is 3.79. The van der Waals surface area contributed by atoms with Crippen LogP contribution in [0, 0.1) is 0 Å². The van der Waals surface area contributed by atoms with Crippen LogP contribution in [-0.2, 0) is 13.6 Å². The molecule has 0 atom stereocenters. The van der Waals surface area contributed by atoms with Crippen molar-refractivity contribution in [1.82, 2.24) is 14.8 Å². The Kier molecular flexibility index (Phi) is 4.75. The molecule has 4 nitrogen and oxygen atoms in total. The van der Waals surface area contributed by atoms with Crippen LogP contribution in [0.25, 0.3) is 0 Å². The molecule has 0 bridgehead atoms. The predicted molar refractivity (Wildman–Crippen MR) is 80.6 cm³/mol. The predicted octanol–water partition coefficient (Wildman–Crippen LogP) is 2.63. The molecule has 1 aliphatic carbocycles. The van der Waals surface area contributed by atoms with Gasteiger partial charge in [0.2, 0.25) is 0 Å². The minimum atomic E-state index is 0.602. The fourth-order valence-corrected chi connectivity index (χ4v) is 2.48. The number of hydrogen-bond donors (Lipinski definition) is 1. The number of aliphatic imine (C=N–C) groups is 1. The van der Waals surface area contributed by atoms with Crippen LogP contribution in [0.1, 0.15) is 31.9 Å². The quantitative estimate of drug-likeness (QED) is 0.680. The Labute approximate surface area is 120 Å². The van der Waals surface area contributed by atoms with Gasteiger partial charge < -0.3 is 14.8 Å². The summed E-state index contributed by atoms with van der Waals surface area (Å²) >= 11 is 6.02. The number of rotatable bonds is 4. The average molecular weight is 283 g/mol. The maximum atomic E-state index is 6.02. The highest BCUT2D eigenvalue weighted by Gasteiger charge is 2.20. The number of aryl methyl sites for hydroxylation is 1. The van der Waals surface area contributed by atoms with E-state index >= 15 is 0 Å². The molecule has 5 heteroatoms. The van der Waals surface area contributed by atoms with Crippen LogP contribution in [0.3, 0.4) is 0 Å². The molecule has 1 aromatic rings. The Balaban J connectivity index is 2.00. The molecule has 0 aliphatic heterocycles. The first-order chi connectivity index (χ1) is 9.10. The fourth-order valence-electron chi connectivity index (χ4n) is 2.20. The van der Waals surface area contributed by atoms with Crippen LogP contribution in [0.5, 0.6) is 0 Å². The van der Waals surface area contributed by atoms with Gasteiger partial charge in [0.1, 0.15) is 0 Å². The topological polar surface area (TPSA) is 32.6 Å². The van der Waals surface area contributed by atoms with Crippen molar-refractivity contribution < 1.29 is 0 Å². The van der Waals surface area contributed by atoms with Gasteiger partial charge in [-0.2, -0.15) is 0 Å². The number of hydrogen-bond acceptors (Lipinski definition) is 1. The maximum Gasteiger partial charge on any atom is 0.194 e. The van der Waals surface area contributed by atoms with E-state index in [1.165, 1.54) is 25.0 Å². The van der Waals surface area contributed by atoms with Crippen LogP contribution in [0.4, 0.5) is 0 Å². The minimum Gasteiger partial charge on any atom is -0.354 e. The molecule has 106 valence electrons. The Bertz CT molecular complexity index is 448. The molecule has 0 spiro atoms. The van der Waals surface area contributed by atoms with Gasteiger partial charge in [-0.1, -0.05) is 11.6 Å². The molecule has 1 N–H and O–H groups in total. The first-order valence-electron chi connectivity index (χ1n) is 6.93. The highest BCUT2D eigenvalue weighted by Crippen LogP contribution is 2.19. The van der Waals surface area contributed by atoms with E-state index in [0.29, 0.717) is 6.04 Å². The van der Waals surface area contributed by atoms with Gasteiger partial charge in [0.25, 0.3) is 0 Å². The Morgan fingerprint density at radius 2 is 2.32 bits per heavy atom. The summed E-state index contributed by atoms with van der Waals surface area (Å²) in [4.78, 5) is 6.73. The second-order valence-electron chi connectivity index (χ2n) is 5.19. The first-order valence-corrected chi connectivity index (χ1v) is 7.30. The van der Waals surface area contributed by atoms with E-state index in [1.54, 1.807) is 0 Å². The second-order valence-corrected chi connectivity index (χ2v) is 5.62. The Morgan fingerprint density at radius 3 is 2.79 bits per heavy atom. The lowest BCUT2D eigenvalue weighted by Gasteiger charge is -2.31. The zero-order valence-corrected chi connectivity index (χ0v) is 12.7. The summed E-state index contributed by atoms with van der Waals surface area (Å²) in [5.74, 6) is 0.990. The lowest BCUT2D eigenvalue weighted by Crippen LogP contribution is -2.47. The van der Waals surface area contributed by atoms with Crippen LogP contribution in [-0.4, -0.2) is 35.1 Å². The molecule has 1 fully saturated rings. The van der Waals surface area contributed by atoms with Gasteiger partial charge in [0.05, 0.1) is 11.6 Å². The van der Waals surface area contributed by atoms with Gasteiger partial charge in [0.15, 0.2) is 5.96 Å². The van der Waals surface area contributed by atoms with Crippen molar-refractivity contribution >= 4 is 17.6 Å². The van der Waals surface area contributed by atoms with Gasteiger partial charge in [0, 0.05) is 38.6 Å². The summed E-state index contributed by atoms with van der Waals surface area (Å²) in [7, 11) is 4.09. The van der Waals surface area contributed by atoms with Crippen LogP contribution >= 0.6 is 11.6 Å². The summed E-state index contributed by atoms with van der Waals surface area (Å²) in [6.45, 7) is 3.67. The van der Waals surface area contributed by atoms with E-state index in [1.807, 2.05) is 19.3 Å². The standard InChI is InChI=1S/C14H23ClN4/c1-4-16-14(17-12-6-5-7-12)19(3)10-13-8-11(15)9-18(13)2/h8-9,12H,4-7,10H2,1-3H3,(H,16,17). The van der Waals surface area contributed by atoms with Crippen molar-refractivity contribution in [3.05, 3.63) is 23.0 Å². The number of aromatic nitrogens is 1. The maximum absolute atomic E-state index is 6.02. The van der Waals surface area contributed by atoms with Crippen molar-refractivity contribution in [3.63, 3.8) is 0 Å². The van der Waals surface area contributed by atoms with E-state index < -0.39 is 0 Å². The molecule has 0 unspecified atom stereocenters. The summed E-state index contributed by atoms with van der Waals surface area (Å²) in [6.07, 6.45) is 5.77. The molecular formula is C14H23ClN4. The lowest BCUT2D eigenvalue weighted by molar-refractivity contribution is 0.357. The summed E-state index contributed by atoms with van der Waals surface area (Å²) in [5.41, 5.74) is 1.19. The molecule has 1 saturated carbocycles. The fraction of sp³-hybridized carbons (Fsp3) is 0.643. The van der Waals surface area contributed by atoms with Gasteiger partial charge in [-0.3, -0.25) is 4.99 Å². The van der Waals surface area contributed by atoms with Crippen molar-refractivity contribution in [2.24, 2.45) is 12.0 Å². The molecule has 0 amide bonds. The van der Waals surface area contributed by atoms with E-state index in [2.05, 4.69) is 33.7 Å². The van der Waals surface area contributed by atoms with Gasteiger partial charge >= 0.3 is 0 Å². The highest BCUT2D eigenvalue weighted by molar-refractivity contribution is 6.30. The van der Waals surface area contributed by atoms with Crippen LogP contribution < -0.4 is 5.32 Å². The Hall–Kier alpha value is -1.16. The monoisotopic (exact) mass is 282 g/mol. The third-order valence-electron chi connectivity index (χ3n) is 3.58. The number of halogens is 1. The van der Waals surface area contributed by atoms with Crippen LogP contribution in [0.15, 0.2) is 17.3 Å². The van der Waals surface area contributed by atoms with Gasteiger partial charge in [-0.15, -0.1) is 0 Å². The molecule has 19 heavy (non-hydrogen) atoms. The molecular weight excluding hydrogens is 260 g/mol. The van der Waals surface area contributed by atoms with Crippen molar-refractivity contribution in [1.29, 1.82) is 0 Å². The smallest absolute Gasteiger partial charge is 0.194 e. The van der Waals surface area contributed by atoms with Gasteiger partial charge in [-0.05, 0) is 32.3 Å². The minimum absolute atomic E-state index is 0.602. The van der Waals surface area contributed by atoms with Crippen molar-refractivity contribution in [2.45, 2.75) is 38.8 Å². The summed E-state index contributed by atoms with van der Waals surface area (Å²) < 4.78 is 2.06. The van der Waals surface area contributed by atoms with Crippen LogP contribution in [0.2, 0.25) is 5.02 Å². The molecule has 1 aromatic heterocycles. The third kappa shape index (κ3) is 3.66. The molecule has 1 aliphatic rings. The largest absolute Gasteiger partial charge is 0.354 e. The first kappa shape index (κ1) is 14.3. The zero-order valence-electron chi connectivity index (χ0n) is 12.0. The zero-order chi connectivity index (χ0) is 13.8. The molecule has 0 aromatic carbocycles. The van der Waals surface area contributed by atoms with Crippen molar-refractivity contribution in [3.8, 4) is 0 Å². The second kappa shape index (κ2) is 6.33. The van der Waals surface area contributed by atoms with Crippen molar-refractivity contribution in [2.75, 3.05) is 13.6 Å². The molecule has 2 rings (SSSR count). The number of nitrogens with zero attached hydrogens (tertiary/aromatic N) is 3. The summed E-state index contributed by atoms with van der Waals surface area (Å²) in [5, 5.41) is 4.32. The number of nitrogens with one attached hydrogen (secondary N) is 1. The normalized spacial score (nSPS) is 16.3. The summed E-state index contributed by atoms with van der Waals surface area (Å²) in [6, 6.07) is 2.61.